The second-order valence-electron chi connectivity index (χ2n) is 4.00. The first-order valence-electron chi connectivity index (χ1n) is 4.91. The minimum absolute atomic E-state index is 0.204. The molecule has 78 valence electrons. The van der Waals surface area contributed by atoms with E-state index in [1.807, 2.05) is 39.1 Å². The van der Waals surface area contributed by atoms with Crippen molar-refractivity contribution in [2.75, 3.05) is 6.54 Å². The Kier molecular flexibility index (Phi) is 5.19. The fourth-order valence-electron chi connectivity index (χ4n) is 0.981. The molecule has 0 fully saturated rings. The second kappa shape index (κ2) is 5.62. The molecule has 0 aliphatic rings. The zero-order chi connectivity index (χ0) is 11.2. The lowest BCUT2D eigenvalue weighted by Gasteiger charge is -2.15. The van der Waals surface area contributed by atoms with Crippen LogP contribution in [0.2, 0.25) is 0 Å². The highest BCUT2D eigenvalue weighted by molar-refractivity contribution is 5.94. The summed E-state index contributed by atoms with van der Waals surface area (Å²) in [5, 5.41) is 2.02. The minimum Gasteiger partial charge on any atom is -0.331 e. The SMILES string of the molecule is C#CC(C)(C)[NH2+]CCC(=O)/C(C)=C\C. The highest BCUT2D eigenvalue weighted by Crippen LogP contribution is 1.97. The number of quaternary nitrogens is 1. The van der Waals surface area contributed by atoms with E-state index in [1.165, 1.54) is 0 Å². The van der Waals surface area contributed by atoms with Crippen LogP contribution in [-0.2, 0) is 4.79 Å². The number of hydrogen-bond donors (Lipinski definition) is 1. The fraction of sp³-hybridized carbons (Fsp3) is 0.583. The Balaban J connectivity index is 3.89. The summed E-state index contributed by atoms with van der Waals surface area (Å²) in [5.74, 6) is 2.88. The van der Waals surface area contributed by atoms with Crippen LogP contribution in [0.3, 0.4) is 0 Å². The molecular formula is C12H20NO+. The minimum atomic E-state index is -0.204. The standard InChI is InChI=1S/C12H19NO/c1-6-10(3)11(14)8-9-13-12(4,5)7-2/h2,6,13H,8-9H2,1,3-5H3/p+1/b10-6-. The molecule has 2 heteroatoms. The van der Waals surface area contributed by atoms with E-state index >= 15 is 0 Å². The number of ketones is 1. The maximum Gasteiger partial charge on any atom is 0.163 e. The fourth-order valence-corrected chi connectivity index (χ4v) is 0.981. The van der Waals surface area contributed by atoms with Gasteiger partial charge in [-0.2, -0.15) is 0 Å². The van der Waals surface area contributed by atoms with Crippen molar-refractivity contribution >= 4 is 5.78 Å². The van der Waals surface area contributed by atoms with Crippen molar-refractivity contribution < 1.29 is 10.1 Å². The molecule has 0 rings (SSSR count). The van der Waals surface area contributed by atoms with E-state index in [0.29, 0.717) is 6.42 Å². The Morgan fingerprint density at radius 2 is 2.14 bits per heavy atom. The van der Waals surface area contributed by atoms with Gasteiger partial charge in [-0.25, -0.2) is 0 Å². The number of hydrogen-bond acceptors (Lipinski definition) is 1. The molecule has 0 saturated heterocycles. The van der Waals surface area contributed by atoms with Gasteiger partial charge in [0.2, 0.25) is 0 Å². The van der Waals surface area contributed by atoms with Crippen LogP contribution in [0.1, 0.15) is 34.1 Å². The molecule has 2 nitrogen and oxygen atoms in total. The van der Waals surface area contributed by atoms with E-state index in [4.69, 9.17) is 6.42 Å². The summed E-state index contributed by atoms with van der Waals surface area (Å²) in [6.07, 6.45) is 7.73. The Bertz CT molecular complexity index is 269. The number of allylic oxidation sites excluding steroid dienone is 2. The molecular weight excluding hydrogens is 174 g/mol. The molecule has 0 radical (unpaired) electrons. The first-order chi connectivity index (χ1) is 6.43. The molecule has 0 aromatic rings. The molecule has 0 bridgehead atoms. The smallest absolute Gasteiger partial charge is 0.163 e. The van der Waals surface area contributed by atoms with Crippen LogP contribution in [0, 0.1) is 12.3 Å². The number of Topliss-reactive ketones (excluding diaryl/α,β-unsaturated/α-hetero) is 1. The van der Waals surface area contributed by atoms with Crippen molar-refractivity contribution in [3.8, 4) is 12.3 Å². The van der Waals surface area contributed by atoms with Gasteiger partial charge < -0.3 is 5.32 Å². The van der Waals surface area contributed by atoms with Crippen LogP contribution in [0.5, 0.6) is 0 Å². The van der Waals surface area contributed by atoms with Crippen LogP contribution in [0.25, 0.3) is 0 Å². The number of carbonyl (C=O) groups is 1. The lowest BCUT2D eigenvalue weighted by atomic mass is 10.1. The van der Waals surface area contributed by atoms with Gasteiger partial charge in [-0.15, -0.1) is 6.42 Å². The van der Waals surface area contributed by atoms with Crippen molar-refractivity contribution in [2.24, 2.45) is 0 Å². The maximum absolute atomic E-state index is 11.4. The van der Waals surface area contributed by atoms with E-state index in [9.17, 15) is 4.79 Å². The maximum atomic E-state index is 11.4. The summed E-state index contributed by atoms with van der Waals surface area (Å²) < 4.78 is 0. The molecule has 0 unspecified atom stereocenters. The summed E-state index contributed by atoms with van der Waals surface area (Å²) in [5.41, 5.74) is 0.626. The summed E-state index contributed by atoms with van der Waals surface area (Å²) in [4.78, 5) is 11.4. The lowest BCUT2D eigenvalue weighted by Crippen LogP contribution is -2.95. The predicted molar refractivity (Wildman–Crippen MR) is 58.8 cm³/mol. The Morgan fingerprint density at radius 1 is 1.57 bits per heavy atom. The Labute approximate surface area is 86.8 Å². The molecule has 0 aromatic heterocycles. The molecule has 0 amide bonds. The molecule has 14 heavy (non-hydrogen) atoms. The Hall–Kier alpha value is -1.07. The molecule has 2 N–H and O–H groups in total. The molecule has 0 aliphatic carbocycles. The van der Waals surface area contributed by atoms with E-state index < -0.39 is 0 Å². The van der Waals surface area contributed by atoms with Gasteiger partial charge in [0, 0.05) is 13.8 Å². The third kappa shape index (κ3) is 4.84. The van der Waals surface area contributed by atoms with Gasteiger partial charge in [0.15, 0.2) is 11.3 Å². The third-order valence-corrected chi connectivity index (χ3v) is 2.27. The highest BCUT2D eigenvalue weighted by Gasteiger charge is 2.17. The predicted octanol–water partition coefficient (Wildman–Crippen LogP) is 0.887. The van der Waals surface area contributed by atoms with E-state index in [-0.39, 0.29) is 11.3 Å². The van der Waals surface area contributed by atoms with Gasteiger partial charge in [-0.1, -0.05) is 6.08 Å². The molecule has 0 atom stereocenters. The van der Waals surface area contributed by atoms with Crippen LogP contribution in [-0.4, -0.2) is 17.9 Å². The van der Waals surface area contributed by atoms with E-state index in [0.717, 1.165) is 12.1 Å². The Morgan fingerprint density at radius 3 is 2.57 bits per heavy atom. The topological polar surface area (TPSA) is 33.7 Å². The summed E-state index contributed by atoms with van der Waals surface area (Å²) >= 11 is 0. The van der Waals surface area contributed by atoms with Gasteiger partial charge in [0.25, 0.3) is 0 Å². The van der Waals surface area contributed by atoms with Crippen molar-refractivity contribution in [1.82, 2.24) is 0 Å². The third-order valence-electron chi connectivity index (χ3n) is 2.27. The van der Waals surface area contributed by atoms with Gasteiger partial charge >= 0.3 is 0 Å². The van der Waals surface area contributed by atoms with Crippen LogP contribution >= 0.6 is 0 Å². The summed E-state index contributed by atoms with van der Waals surface area (Å²) in [6, 6.07) is 0. The van der Waals surface area contributed by atoms with Crippen LogP contribution < -0.4 is 5.32 Å². The summed E-state index contributed by atoms with van der Waals surface area (Å²) in [6.45, 7) is 8.41. The molecule has 0 saturated carbocycles. The first kappa shape index (κ1) is 12.9. The number of terminal acetylenes is 1. The quantitative estimate of drug-likeness (QED) is 0.512. The van der Waals surface area contributed by atoms with Crippen molar-refractivity contribution in [1.29, 1.82) is 0 Å². The number of carbonyl (C=O) groups excluding carboxylic acids is 1. The monoisotopic (exact) mass is 194 g/mol. The van der Waals surface area contributed by atoms with Crippen molar-refractivity contribution in [2.45, 2.75) is 39.7 Å². The largest absolute Gasteiger partial charge is 0.331 e. The van der Waals surface area contributed by atoms with Crippen molar-refractivity contribution in [3.63, 3.8) is 0 Å². The molecule has 0 aromatic carbocycles. The molecule has 0 heterocycles. The van der Waals surface area contributed by atoms with Gasteiger partial charge in [-0.3, -0.25) is 4.79 Å². The van der Waals surface area contributed by atoms with E-state index in [2.05, 4.69) is 5.92 Å². The van der Waals surface area contributed by atoms with Crippen LogP contribution in [0.4, 0.5) is 0 Å². The summed E-state index contributed by atoms with van der Waals surface area (Å²) in [7, 11) is 0. The zero-order valence-corrected chi connectivity index (χ0v) is 9.55. The highest BCUT2D eigenvalue weighted by atomic mass is 16.1. The average Bonchev–Trinajstić information content (AvgIpc) is 2.16. The van der Waals surface area contributed by atoms with E-state index in [1.54, 1.807) is 0 Å². The van der Waals surface area contributed by atoms with Gasteiger partial charge in [-0.05, 0) is 25.3 Å². The zero-order valence-electron chi connectivity index (χ0n) is 9.55. The number of rotatable bonds is 5. The van der Waals surface area contributed by atoms with Crippen molar-refractivity contribution in [3.05, 3.63) is 11.6 Å². The van der Waals surface area contributed by atoms with Crippen LogP contribution in [0.15, 0.2) is 11.6 Å². The number of nitrogens with two attached hydrogens (primary N) is 1. The first-order valence-corrected chi connectivity index (χ1v) is 4.91. The van der Waals surface area contributed by atoms with Gasteiger partial charge in [0.05, 0.1) is 13.0 Å². The molecule has 0 spiro atoms. The second-order valence-corrected chi connectivity index (χ2v) is 4.00. The molecule has 0 aliphatic heterocycles. The normalized spacial score (nSPS) is 12.4. The van der Waals surface area contributed by atoms with Gasteiger partial charge in [0.1, 0.15) is 0 Å². The average molecular weight is 194 g/mol. The lowest BCUT2D eigenvalue weighted by molar-refractivity contribution is -0.705.